The van der Waals surface area contributed by atoms with Gasteiger partial charge in [0.25, 0.3) is 0 Å². The third-order valence-corrected chi connectivity index (χ3v) is 5.92. The smallest absolute Gasteiger partial charge is 0.191 e. The Bertz CT molecular complexity index is 1010. The molecule has 2 aromatic carbocycles. The van der Waals surface area contributed by atoms with Gasteiger partial charge < -0.3 is 19.9 Å². The molecule has 1 aliphatic rings. The number of nitrogens with zero attached hydrogens (tertiary/aromatic N) is 4. The van der Waals surface area contributed by atoms with E-state index in [2.05, 4.69) is 78.6 Å². The fourth-order valence-corrected chi connectivity index (χ4v) is 4.07. The molecule has 7 heteroatoms. The highest BCUT2D eigenvalue weighted by Crippen LogP contribution is 2.13. The molecule has 7 nitrogen and oxygen atoms in total. The maximum Gasteiger partial charge on any atom is 0.191 e. The molecule has 0 aliphatic carbocycles. The predicted octanol–water partition coefficient (Wildman–Crippen LogP) is 2.67. The molecule has 0 radical (unpaired) electrons. The van der Waals surface area contributed by atoms with Crippen LogP contribution in [0, 0.1) is 0 Å². The summed E-state index contributed by atoms with van der Waals surface area (Å²) in [4.78, 5) is 11.4. The highest BCUT2D eigenvalue weighted by molar-refractivity contribution is 5.79. The minimum absolute atomic E-state index is 0.739. The molecule has 0 spiro atoms. The van der Waals surface area contributed by atoms with E-state index in [0.717, 1.165) is 70.7 Å². The van der Waals surface area contributed by atoms with Crippen molar-refractivity contribution in [3.8, 4) is 0 Å². The lowest BCUT2D eigenvalue weighted by atomic mass is 10.1. The highest BCUT2D eigenvalue weighted by Gasteiger charge is 2.13. The summed E-state index contributed by atoms with van der Waals surface area (Å²) in [5, 5.41) is 6.89. The number of morpholine rings is 1. The quantitative estimate of drug-likeness (QED) is 0.391. The number of benzene rings is 2. The molecule has 1 fully saturated rings. The Morgan fingerprint density at radius 3 is 2.52 bits per heavy atom. The second-order valence-electron chi connectivity index (χ2n) is 8.22. The van der Waals surface area contributed by atoms with E-state index < -0.39 is 0 Å². The highest BCUT2D eigenvalue weighted by atomic mass is 16.5. The van der Waals surface area contributed by atoms with E-state index in [1.807, 2.05) is 25.5 Å². The number of aromatic nitrogens is 2. The topological polar surface area (TPSA) is 66.7 Å². The van der Waals surface area contributed by atoms with Crippen molar-refractivity contribution in [3.05, 3.63) is 89.5 Å². The van der Waals surface area contributed by atoms with E-state index in [0.29, 0.717) is 0 Å². The molecule has 0 amide bonds. The first-order valence-corrected chi connectivity index (χ1v) is 11.7. The first kappa shape index (κ1) is 23.0. The minimum Gasteiger partial charge on any atom is -0.379 e. The molecule has 1 saturated heterocycles. The lowest BCUT2D eigenvalue weighted by Crippen LogP contribution is -2.39. The zero-order chi connectivity index (χ0) is 22.7. The van der Waals surface area contributed by atoms with Crippen molar-refractivity contribution in [1.82, 2.24) is 25.1 Å². The first-order chi connectivity index (χ1) is 16.3. The molecular weight excluding hydrogens is 412 g/mol. The Morgan fingerprint density at radius 2 is 1.73 bits per heavy atom. The second kappa shape index (κ2) is 12.2. The standard InChI is InChI=1S/C26H34N6O/c1-27-26(29-12-11-25-28-13-14-32(25)20-22-7-3-2-4-8-22)30-19-23-9-5-6-10-24(23)21-31-15-17-33-18-16-31/h2-10,13-14H,11-12,15-21H2,1H3,(H2,27,29,30). The van der Waals surface area contributed by atoms with Crippen molar-refractivity contribution in [2.24, 2.45) is 4.99 Å². The fourth-order valence-electron chi connectivity index (χ4n) is 4.07. The van der Waals surface area contributed by atoms with Gasteiger partial charge in [-0.3, -0.25) is 9.89 Å². The predicted molar refractivity (Wildman–Crippen MR) is 132 cm³/mol. The zero-order valence-corrected chi connectivity index (χ0v) is 19.4. The van der Waals surface area contributed by atoms with Gasteiger partial charge in [-0.1, -0.05) is 54.6 Å². The maximum atomic E-state index is 5.48. The van der Waals surface area contributed by atoms with Crippen molar-refractivity contribution in [2.75, 3.05) is 39.9 Å². The number of hydrogen-bond donors (Lipinski definition) is 2. The van der Waals surface area contributed by atoms with Crippen LogP contribution < -0.4 is 10.6 Å². The van der Waals surface area contributed by atoms with Crippen LogP contribution in [0.25, 0.3) is 0 Å². The van der Waals surface area contributed by atoms with E-state index in [-0.39, 0.29) is 0 Å². The van der Waals surface area contributed by atoms with Gasteiger partial charge in [0.15, 0.2) is 5.96 Å². The van der Waals surface area contributed by atoms with E-state index in [1.165, 1.54) is 16.7 Å². The van der Waals surface area contributed by atoms with Crippen LogP contribution >= 0.6 is 0 Å². The summed E-state index contributed by atoms with van der Waals surface area (Å²) >= 11 is 0. The monoisotopic (exact) mass is 446 g/mol. The average molecular weight is 447 g/mol. The van der Waals surface area contributed by atoms with Crippen LogP contribution in [0.1, 0.15) is 22.5 Å². The van der Waals surface area contributed by atoms with Gasteiger partial charge in [0.2, 0.25) is 0 Å². The Morgan fingerprint density at radius 1 is 0.970 bits per heavy atom. The molecule has 0 atom stereocenters. The Hall–Kier alpha value is -3.16. The molecule has 2 heterocycles. The second-order valence-corrected chi connectivity index (χ2v) is 8.22. The molecule has 0 bridgehead atoms. The van der Waals surface area contributed by atoms with Gasteiger partial charge >= 0.3 is 0 Å². The summed E-state index contributed by atoms with van der Waals surface area (Å²) in [7, 11) is 1.81. The van der Waals surface area contributed by atoms with Crippen molar-refractivity contribution < 1.29 is 4.74 Å². The van der Waals surface area contributed by atoms with E-state index in [9.17, 15) is 0 Å². The number of ether oxygens (including phenoxy) is 1. The van der Waals surface area contributed by atoms with Crippen molar-refractivity contribution >= 4 is 5.96 Å². The number of imidazole rings is 1. The molecule has 1 aromatic heterocycles. The number of guanidine groups is 1. The van der Waals surface area contributed by atoms with Crippen LogP contribution in [0.4, 0.5) is 0 Å². The maximum absolute atomic E-state index is 5.48. The van der Waals surface area contributed by atoms with Crippen LogP contribution in [-0.2, 0) is 30.8 Å². The molecule has 0 unspecified atom stereocenters. The minimum atomic E-state index is 0.739. The van der Waals surface area contributed by atoms with Crippen LogP contribution in [0.2, 0.25) is 0 Å². The molecule has 2 N–H and O–H groups in total. The van der Waals surface area contributed by atoms with Crippen LogP contribution in [0.15, 0.2) is 72.0 Å². The lowest BCUT2D eigenvalue weighted by molar-refractivity contribution is 0.0341. The fraction of sp³-hybridized carbons (Fsp3) is 0.385. The van der Waals surface area contributed by atoms with Gasteiger partial charge in [0.1, 0.15) is 5.82 Å². The number of hydrogen-bond acceptors (Lipinski definition) is 4. The zero-order valence-electron chi connectivity index (χ0n) is 19.4. The van der Waals surface area contributed by atoms with Crippen LogP contribution in [0.3, 0.4) is 0 Å². The molecule has 0 saturated carbocycles. The van der Waals surface area contributed by atoms with Gasteiger partial charge in [-0.05, 0) is 16.7 Å². The summed E-state index contributed by atoms with van der Waals surface area (Å²) in [5.41, 5.74) is 3.92. The van der Waals surface area contributed by atoms with Crippen molar-refractivity contribution in [1.29, 1.82) is 0 Å². The molecular formula is C26H34N6O. The number of nitrogens with one attached hydrogen (secondary N) is 2. The van der Waals surface area contributed by atoms with Gasteiger partial charge in [-0.2, -0.15) is 0 Å². The van der Waals surface area contributed by atoms with Crippen molar-refractivity contribution in [3.63, 3.8) is 0 Å². The third-order valence-electron chi connectivity index (χ3n) is 5.92. The number of rotatable bonds is 9. The summed E-state index contributed by atoms with van der Waals surface area (Å²) in [6.45, 7) is 6.92. The summed E-state index contributed by atoms with van der Waals surface area (Å²) in [6, 6.07) is 19.1. The van der Waals surface area contributed by atoms with Gasteiger partial charge in [-0.15, -0.1) is 0 Å². The summed E-state index contributed by atoms with van der Waals surface area (Å²) in [6.07, 6.45) is 4.74. The SMILES string of the molecule is CN=C(NCCc1nccn1Cc1ccccc1)NCc1ccccc1CN1CCOCC1. The van der Waals surface area contributed by atoms with Crippen LogP contribution in [0.5, 0.6) is 0 Å². The Labute approximate surface area is 196 Å². The molecule has 1 aliphatic heterocycles. The first-order valence-electron chi connectivity index (χ1n) is 11.7. The van der Waals surface area contributed by atoms with Gasteiger partial charge in [0, 0.05) is 65.1 Å². The van der Waals surface area contributed by atoms with Crippen LogP contribution in [-0.4, -0.2) is 60.3 Å². The molecule has 33 heavy (non-hydrogen) atoms. The summed E-state index contributed by atoms with van der Waals surface area (Å²) < 4.78 is 7.68. The van der Waals surface area contributed by atoms with E-state index in [1.54, 1.807) is 0 Å². The Kier molecular flexibility index (Phi) is 8.49. The van der Waals surface area contributed by atoms with E-state index in [4.69, 9.17) is 4.74 Å². The summed E-state index contributed by atoms with van der Waals surface area (Å²) in [5.74, 6) is 1.87. The lowest BCUT2D eigenvalue weighted by Gasteiger charge is -2.27. The average Bonchev–Trinajstić information content (AvgIpc) is 3.30. The molecule has 174 valence electrons. The normalized spacial score (nSPS) is 14.9. The van der Waals surface area contributed by atoms with E-state index >= 15 is 0 Å². The third kappa shape index (κ3) is 6.91. The molecule has 3 aromatic rings. The largest absolute Gasteiger partial charge is 0.379 e. The number of aliphatic imine (C=N–C) groups is 1. The van der Waals surface area contributed by atoms with Crippen molar-refractivity contribution in [2.45, 2.75) is 26.1 Å². The Balaban J connectivity index is 1.26. The van der Waals surface area contributed by atoms with Gasteiger partial charge in [0.05, 0.1) is 13.2 Å². The molecule has 4 rings (SSSR count). The van der Waals surface area contributed by atoms with Gasteiger partial charge in [-0.25, -0.2) is 4.98 Å².